The molecule has 2 rings (SSSR count). The van der Waals surface area contributed by atoms with Crippen molar-refractivity contribution in [2.24, 2.45) is 5.73 Å². The van der Waals surface area contributed by atoms with Crippen molar-refractivity contribution in [2.75, 3.05) is 12.4 Å². The number of alkyl carbamates (subject to hydrolysis) is 1. The van der Waals surface area contributed by atoms with E-state index in [-0.39, 0.29) is 0 Å². The number of hydrogen-bond acceptors (Lipinski definition) is 6. The Kier molecular flexibility index (Phi) is 9.88. The summed E-state index contributed by atoms with van der Waals surface area (Å²) in [5.74, 6) is -1.75. The third kappa shape index (κ3) is 8.00. The van der Waals surface area contributed by atoms with Crippen LogP contribution in [0.15, 0.2) is 42.5 Å². The zero-order valence-corrected chi connectivity index (χ0v) is 22.5. The first-order valence-corrected chi connectivity index (χ1v) is 11.9. The molecule has 10 nitrogen and oxygen atoms in total. The van der Waals surface area contributed by atoms with Gasteiger partial charge in [0.1, 0.15) is 23.4 Å². The number of ether oxygens (including phenoxy) is 2. The van der Waals surface area contributed by atoms with E-state index in [1.54, 1.807) is 64.1 Å². The number of methoxy groups -OCH3 is 1. The van der Waals surface area contributed by atoms with Crippen molar-refractivity contribution in [1.82, 2.24) is 10.2 Å². The van der Waals surface area contributed by atoms with Crippen LogP contribution in [0, 0.1) is 26.3 Å². The van der Waals surface area contributed by atoms with Crippen molar-refractivity contribution >= 4 is 29.5 Å². The lowest BCUT2D eigenvalue weighted by Crippen LogP contribution is -2.52. The van der Waals surface area contributed by atoms with Crippen LogP contribution in [0.25, 0.3) is 0 Å². The van der Waals surface area contributed by atoms with E-state index in [1.807, 2.05) is 13.0 Å². The summed E-state index contributed by atoms with van der Waals surface area (Å²) in [4.78, 5) is 52.4. The number of hydrogen-bond donors (Lipinski definition) is 3. The maximum absolute atomic E-state index is 13.7. The van der Waals surface area contributed by atoms with Crippen LogP contribution in [0.2, 0.25) is 0 Å². The van der Waals surface area contributed by atoms with Crippen LogP contribution in [0.1, 0.15) is 49.9 Å². The fourth-order valence-electron chi connectivity index (χ4n) is 3.64. The minimum absolute atomic E-state index is 0.441. The zero-order chi connectivity index (χ0) is 28.6. The molecule has 0 spiro atoms. The maximum atomic E-state index is 13.7. The van der Waals surface area contributed by atoms with E-state index < -0.39 is 47.9 Å². The van der Waals surface area contributed by atoms with E-state index in [0.717, 1.165) is 16.0 Å². The monoisotopic (exact) mass is 522 g/mol. The summed E-state index contributed by atoms with van der Waals surface area (Å²) in [6.07, 6.45) is 4.26. The molecule has 2 aromatic carbocycles. The highest BCUT2D eigenvalue weighted by atomic mass is 16.6. The number of terminal acetylenes is 1. The lowest BCUT2D eigenvalue weighted by Gasteiger charge is -2.31. The molecule has 4 N–H and O–H groups in total. The zero-order valence-electron chi connectivity index (χ0n) is 22.5. The first-order valence-electron chi connectivity index (χ1n) is 11.9. The minimum Gasteiger partial charge on any atom is -0.497 e. The molecule has 2 unspecified atom stereocenters. The van der Waals surface area contributed by atoms with Crippen molar-refractivity contribution in [3.05, 3.63) is 59.2 Å². The number of carbonyl (C=O) groups excluding carboxylic acids is 4. The van der Waals surface area contributed by atoms with E-state index in [2.05, 4.69) is 16.7 Å². The Balaban J connectivity index is 2.51. The summed E-state index contributed by atoms with van der Waals surface area (Å²) >= 11 is 0. The van der Waals surface area contributed by atoms with Gasteiger partial charge in [0, 0.05) is 11.7 Å². The molecule has 0 aromatic heterocycles. The van der Waals surface area contributed by atoms with Gasteiger partial charge in [0.15, 0.2) is 0 Å². The third-order valence-electron chi connectivity index (χ3n) is 5.58. The molecule has 0 aliphatic carbocycles. The summed E-state index contributed by atoms with van der Waals surface area (Å²) < 4.78 is 10.4. The van der Waals surface area contributed by atoms with E-state index in [4.69, 9.17) is 21.6 Å². The molecule has 4 amide bonds. The molecular weight excluding hydrogens is 488 g/mol. The van der Waals surface area contributed by atoms with E-state index >= 15 is 0 Å². The van der Waals surface area contributed by atoms with E-state index in [9.17, 15) is 19.2 Å². The summed E-state index contributed by atoms with van der Waals surface area (Å²) in [7, 11) is 1.52. The van der Waals surface area contributed by atoms with Gasteiger partial charge in [0.05, 0.1) is 13.5 Å². The molecule has 38 heavy (non-hydrogen) atoms. The first-order chi connectivity index (χ1) is 17.8. The number of anilines is 1. The molecule has 0 saturated heterocycles. The molecule has 0 fully saturated rings. The highest BCUT2D eigenvalue weighted by molar-refractivity contribution is 6.00. The Hall–Kier alpha value is -4.52. The van der Waals surface area contributed by atoms with Crippen LogP contribution in [-0.2, 0) is 19.1 Å². The lowest BCUT2D eigenvalue weighted by atomic mass is 9.95. The van der Waals surface area contributed by atoms with Gasteiger partial charge < -0.3 is 25.8 Å². The third-order valence-corrected chi connectivity index (χ3v) is 5.58. The number of primary amides is 1. The largest absolute Gasteiger partial charge is 0.497 e. The number of nitrogens with two attached hydrogens (primary N) is 1. The number of nitrogens with one attached hydrogen (secondary N) is 2. The van der Waals surface area contributed by atoms with Crippen molar-refractivity contribution < 1.29 is 28.7 Å². The highest BCUT2D eigenvalue weighted by Crippen LogP contribution is 2.28. The van der Waals surface area contributed by atoms with Gasteiger partial charge in [0.25, 0.3) is 11.8 Å². The normalized spacial score (nSPS) is 12.3. The molecule has 0 aliphatic heterocycles. The van der Waals surface area contributed by atoms with Gasteiger partial charge in [-0.2, -0.15) is 0 Å². The molecule has 2 atom stereocenters. The predicted octanol–water partition coefficient (Wildman–Crippen LogP) is 3.18. The summed E-state index contributed by atoms with van der Waals surface area (Å²) in [5, 5.41) is 5.13. The Morgan fingerprint density at radius 3 is 2.24 bits per heavy atom. The summed E-state index contributed by atoms with van der Waals surface area (Å²) in [6, 6.07) is 11.4. The van der Waals surface area contributed by atoms with Crippen molar-refractivity contribution in [2.45, 2.75) is 58.7 Å². The van der Waals surface area contributed by atoms with Crippen LogP contribution < -0.4 is 21.1 Å². The van der Waals surface area contributed by atoms with Crippen LogP contribution in [0.5, 0.6) is 5.75 Å². The van der Waals surface area contributed by atoms with E-state index in [0.29, 0.717) is 17.0 Å². The molecule has 0 bridgehead atoms. The topological polar surface area (TPSA) is 140 Å². The fraction of sp³-hybridized carbons (Fsp3) is 0.357. The number of aryl methyl sites for hydroxylation is 1. The Morgan fingerprint density at radius 1 is 1.08 bits per heavy atom. The van der Waals surface area contributed by atoms with Gasteiger partial charge in [-0.25, -0.2) is 4.79 Å². The second kappa shape index (κ2) is 12.6. The van der Waals surface area contributed by atoms with Gasteiger partial charge in [-0.1, -0.05) is 24.6 Å². The van der Waals surface area contributed by atoms with E-state index in [1.165, 1.54) is 7.11 Å². The first kappa shape index (κ1) is 29.7. The Morgan fingerprint density at radius 2 is 1.71 bits per heavy atom. The summed E-state index contributed by atoms with van der Waals surface area (Å²) in [6.45, 7) is 8.60. The molecule has 0 saturated carbocycles. The van der Waals surface area contributed by atoms with Crippen molar-refractivity contribution in [3.8, 4) is 18.2 Å². The Bertz CT molecular complexity index is 1230. The molecule has 2 aromatic rings. The number of carbonyl (C=O) groups is 4. The predicted molar refractivity (Wildman–Crippen MR) is 143 cm³/mol. The lowest BCUT2D eigenvalue weighted by molar-refractivity contribution is -0.138. The maximum Gasteiger partial charge on any atom is 0.408 e. The number of rotatable bonds is 9. The molecule has 0 radical (unpaired) electrons. The molecular formula is C28H34N4O6. The summed E-state index contributed by atoms with van der Waals surface area (Å²) in [5.41, 5.74) is 7.00. The average molecular weight is 523 g/mol. The number of nitrogens with zero attached hydrogens (tertiary/aromatic N) is 1. The fourth-order valence-corrected chi connectivity index (χ4v) is 3.64. The highest BCUT2D eigenvalue weighted by Gasteiger charge is 2.37. The second-order valence-electron chi connectivity index (χ2n) is 9.62. The molecule has 0 aliphatic rings. The van der Waals surface area contributed by atoms with Crippen LogP contribution in [0.4, 0.5) is 10.5 Å². The number of amides is 4. The second-order valence-corrected chi connectivity index (χ2v) is 9.62. The van der Waals surface area contributed by atoms with Gasteiger partial charge in [-0.15, -0.1) is 0 Å². The van der Waals surface area contributed by atoms with Gasteiger partial charge in [-0.3, -0.25) is 19.3 Å². The van der Waals surface area contributed by atoms with Gasteiger partial charge >= 0.3 is 6.09 Å². The SMILES string of the molecule is C#CN(C(=O)C(CC(N)=O)NC(=O)OC(C)(C)C)C(C(=O)Nc1ccc(OC)cc1)c1cccc(C)c1C. The van der Waals surface area contributed by atoms with Crippen molar-refractivity contribution in [1.29, 1.82) is 0 Å². The molecule has 0 heterocycles. The van der Waals surface area contributed by atoms with Gasteiger partial charge in [-0.05, 0) is 75.6 Å². The number of benzene rings is 2. The molecule has 10 heteroatoms. The quantitative estimate of drug-likeness (QED) is 0.341. The van der Waals surface area contributed by atoms with Crippen LogP contribution in [-0.4, -0.2) is 47.5 Å². The van der Waals surface area contributed by atoms with Crippen LogP contribution >= 0.6 is 0 Å². The Labute approximate surface area is 222 Å². The minimum atomic E-state index is -1.47. The van der Waals surface area contributed by atoms with Crippen LogP contribution in [0.3, 0.4) is 0 Å². The van der Waals surface area contributed by atoms with Gasteiger partial charge in [0.2, 0.25) is 5.91 Å². The standard InChI is InChI=1S/C28H34N4O6/c1-8-32(26(35)22(16-23(29)33)31-27(36)38-28(4,5)6)24(21-11-9-10-17(2)18(21)3)25(34)30-19-12-14-20(37-7)15-13-19/h1,9-15,22,24H,16H2,2-7H3,(H2,29,33)(H,30,34)(H,31,36). The smallest absolute Gasteiger partial charge is 0.408 e. The average Bonchev–Trinajstić information content (AvgIpc) is 2.82. The molecule has 202 valence electrons. The van der Waals surface area contributed by atoms with Crippen molar-refractivity contribution in [3.63, 3.8) is 0 Å².